The van der Waals surface area contributed by atoms with Crippen molar-refractivity contribution in [2.75, 3.05) is 46.4 Å². The van der Waals surface area contributed by atoms with Crippen molar-refractivity contribution in [1.82, 2.24) is 15.1 Å². The van der Waals surface area contributed by atoms with Crippen molar-refractivity contribution in [3.63, 3.8) is 0 Å². The molecule has 0 atom stereocenters. The number of hydrogen-bond acceptors (Lipinski definition) is 3. The molecule has 1 aromatic carbocycles. The lowest BCUT2D eigenvalue weighted by atomic mass is 10.3. The van der Waals surface area contributed by atoms with Crippen LogP contribution in [0.5, 0.6) is 5.75 Å². The molecule has 1 heterocycles. The third-order valence-electron chi connectivity index (χ3n) is 3.57. The van der Waals surface area contributed by atoms with Gasteiger partial charge in [0.25, 0.3) is 0 Å². The van der Waals surface area contributed by atoms with E-state index in [1.165, 1.54) is 12.1 Å². The highest BCUT2D eigenvalue weighted by Gasteiger charge is 2.17. The smallest absolute Gasteiger partial charge is 0.168 e. The molecule has 0 spiro atoms. The number of halogens is 2. The molecular formula is C15H23ClFN3OS. The van der Waals surface area contributed by atoms with Crippen molar-refractivity contribution in [2.24, 2.45) is 0 Å². The monoisotopic (exact) mass is 347 g/mol. The minimum Gasteiger partial charge on any atom is -0.494 e. The number of nitrogens with one attached hydrogen (secondary N) is 1. The number of ether oxygens (including phenoxy) is 1. The summed E-state index contributed by atoms with van der Waals surface area (Å²) in [6, 6.07) is 6.15. The molecule has 0 unspecified atom stereocenters. The van der Waals surface area contributed by atoms with Crippen molar-refractivity contribution >= 4 is 29.7 Å². The zero-order valence-corrected chi connectivity index (χ0v) is 14.4. The van der Waals surface area contributed by atoms with Crippen LogP contribution in [0, 0.1) is 5.82 Å². The highest BCUT2D eigenvalue weighted by molar-refractivity contribution is 7.80. The highest BCUT2D eigenvalue weighted by Crippen LogP contribution is 2.11. The first-order valence-electron chi connectivity index (χ1n) is 7.26. The molecule has 124 valence electrons. The first-order chi connectivity index (χ1) is 10.2. The number of piperazine rings is 1. The van der Waals surface area contributed by atoms with E-state index in [9.17, 15) is 4.39 Å². The van der Waals surface area contributed by atoms with E-state index in [1.54, 1.807) is 12.1 Å². The largest absolute Gasteiger partial charge is 0.494 e. The predicted octanol–water partition coefficient (Wildman–Crippen LogP) is 2.14. The van der Waals surface area contributed by atoms with Crippen LogP contribution in [0.25, 0.3) is 0 Å². The maximum Gasteiger partial charge on any atom is 0.168 e. The van der Waals surface area contributed by atoms with Crippen molar-refractivity contribution in [1.29, 1.82) is 0 Å². The van der Waals surface area contributed by atoms with Crippen LogP contribution in [-0.2, 0) is 0 Å². The Morgan fingerprint density at radius 1 is 1.23 bits per heavy atom. The third kappa shape index (κ3) is 5.94. The summed E-state index contributed by atoms with van der Waals surface area (Å²) in [6.45, 7) is 5.66. The molecular weight excluding hydrogens is 325 g/mol. The molecule has 0 amide bonds. The van der Waals surface area contributed by atoms with E-state index in [2.05, 4.69) is 15.1 Å². The molecule has 0 radical (unpaired) electrons. The molecule has 0 bridgehead atoms. The van der Waals surface area contributed by atoms with Crippen LogP contribution in [0.1, 0.15) is 6.42 Å². The molecule has 1 N–H and O–H groups in total. The lowest BCUT2D eigenvalue weighted by Crippen LogP contribution is -2.51. The second kappa shape index (κ2) is 9.82. The van der Waals surface area contributed by atoms with Crippen LogP contribution in [-0.4, -0.2) is 61.3 Å². The molecule has 0 aliphatic carbocycles. The van der Waals surface area contributed by atoms with Crippen molar-refractivity contribution < 1.29 is 9.13 Å². The Kier molecular flexibility index (Phi) is 8.45. The molecule has 0 aromatic heterocycles. The van der Waals surface area contributed by atoms with Gasteiger partial charge in [0.2, 0.25) is 0 Å². The Hall–Kier alpha value is -1.11. The summed E-state index contributed by atoms with van der Waals surface area (Å²) < 4.78 is 18.3. The molecule has 1 aliphatic heterocycles. The Balaban J connectivity index is 0.00000242. The second-order valence-electron chi connectivity index (χ2n) is 5.04. The van der Waals surface area contributed by atoms with Gasteiger partial charge in [-0.15, -0.1) is 12.4 Å². The fourth-order valence-electron chi connectivity index (χ4n) is 2.34. The van der Waals surface area contributed by atoms with Crippen LogP contribution in [0.15, 0.2) is 24.3 Å². The average Bonchev–Trinajstić information content (AvgIpc) is 2.53. The van der Waals surface area contributed by atoms with Gasteiger partial charge >= 0.3 is 0 Å². The lowest BCUT2D eigenvalue weighted by Gasteiger charge is -2.35. The van der Waals surface area contributed by atoms with E-state index in [1.807, 2.05) is 7.05 Å². The Labute approximate surface area is 143 Å². The van der Waals surface area contributed by atoms with Crippen LogP contribution >= 0.6 is 24.6 Å². The number of nitrogens with zero attached hydrogens (tertiary/aromatic N) is 2. The fourth-order valence-corrected chi connectivity index (χ4v) is 2.52. The van der Waals surface area contributed by atoms with Crippen LogP contribution < -0.4 is 10.1 Å². The lowest BCUT2D eigenvalue weighted by molar-refractivity contribution is 0.169. The SMILES string of the molecule is CNC(=S)N1CCN(CCCOc2ccc(F)cc2)CC1.Cl. The summed E-state index contributed by atoms with van der Waals surface area (Å²) in [6.07, 6.45) is 0.966. The molecule has 1 saturated heterocycles. The summed E-state index contributed by atoms with van der Waals surface area (Å²) in [5, 5.41) is 3.84. The number of hydrogen-bond donors (Lipinski definition) is 1. The first kappa shape index (κ1) is 18.9. The van der Waals surface area contributed by atoms with Gasteiger partial charge in [-0.05, 0) is 42.9 Å². The van der Waals surface area contributed by atoms with Crippen LogP contribution in [0.2, 0.25) is 0 Å². The summed E-state index contributed by atoms with van der Waals surface area (Å²) in [4.78, 5) is 4.61. The van der Waals surface area contributed by atoms with Gasteiger partial charge < -0.3 is 15.0 Å². The number of thiocarbonyl (C=S) groups is 1. The van der Waals surface area contributed by atoms with Gasteiger partial charge in [-0.2, -0.15) is 0 Å². The summed E-state index contributed by atoms with van der Waals surface area (Å²) in [5.41, 5.74) is 0. The van der Waals surface area contributed by atoms with Gasteiger partial charge in [-0.1, -0.05) is 0 Å². The van der Waals surface area contributed by atoms with E-state index < -0.39 is 0 Å². The van der Waals surface area contributed by atoms with Gasteiger partial charge in [-0.3, -0.25) is 4.90 Å². The maximum absolute atomic E-state index is 12.8. The summed E-state index contributed by atoms with van der Waals surface area (Å²) in [7, 11) is 1.86. The van der Waals surface area contributed by atoms with Gasteiger partial charge in [0.1, 0.15) is 11.6 Å². The minimum atomic E-state index is -0.236. The first-order valence-corrected chi connectivity index (χ1v) is 7.67. The Morgan fingerprint density at radius 3 is 2.45 bits per heavy atom. The fraction of sp³-hybridized carbons (Fsp3) is 0.533. The zero-order chi connectivity index (χ0) is 15.1. The Morgan fingerprint density at radius 2 is 1.86 bits per heavy atom. The Bertz CT molecular complexity index is 453. The van der Waals surface area contributed by atoms with E-state index >= 15 is 0 Å². The van der Waals surface area contributed by atoms with Gasteiger partial charge in [0, 0.05) is 39.8 Å². The number of rotatable bonds is 5. The molecule has 4 nitrogen and oxygen atoms in total. The van der Waals surface area contributed by atoms with Gasteiger partial charge in [0.05, 0.1) is 6.61 Å². The molecule has 1 aromatic rings. The average molecular weight is 348 g/mol. The van der Waals surface area contributed by atoms with E-state index in [0.29, 0.717) is 6.61 Å². The molecule has 7 heteroatoms. The second-order valence-corrected chi connectivity index (χ2v) is 5.43. The third-order valence-corrected chi connectivity index (χ3v) is 4.04. The molecule has 0 saturated carbocycles. The molecule has 2 rings (SSSR count). The normalized spacial score (nSPS) is 15.1. The van der Waals surface area contributed by atoms with Crippen LogP contribution in [0.3, 0.4) is 0 Å². The standard InChI is InChI=1S/C15H22FN3OS.ClH/c1-17-15(21)19-10-8-18(9-11-19)7-2-12-20-14-5-3-13(16)4-6-14;/h3-6H,2,7-12H2,1H3,(H,17,21);1H. The van der Waals surface area contributed by atoms with E-state index in [0.717, 1.165) is 50.0 Å². The van der Waals surface area contributed by atoms with Crippen LogP contribution in [0.4, 0.5) is 4.39 Å². The maximum atomic E-state index is 12.8. The van der Waals surface area contributed by atoms with Crippen molar-refractivity contribution in [2.45, 2.75) is 6.42 Å². The number of benzene rings is 1. The predicted molar refractivity (Wildman–Crippen MR) is 93.4 cm³/mol. The molecule has 22 heavy (non-hydrogen) atoms. The topological polar surface area (TPSA) is 27.7 Å². The van der Waals surface area contributed by atoms with Gasteiger partial charge in [-0.25, -0.2) is 4.39 Å². The van der Waals surface area contributed by atoms with E-state index in [4.69, 9.17) is 17.0 Å². The molecule has 1 aliphatic rings. The molecule has 1 fully saturated rings. The summed E-state index contributed by atoms with van der Waals surface area (Å²) in [5.74, 6) is 0.486. The van der Waals surface area contributed by atoms with Gasteiger partial charge in [0.15, 0.2) is 5.11 Å². The highest BCUT2D eigenvalue weighted by atomic mass is 35.5. The minimum absolute atomic E-state index is 0. The summed E-state index contributed by atoms with van der Waals surface area (Å²) >= 11 is 5.23. The zero-order valence-electron chi connectivity index (χ0n) is 12.8. The van der Waals surface area contributed by atoms with E-state index in [-0.39, 0.29) is 18.2 Å². The van der Waals surface area contributed by atoms with Crippen molar-refractivity contribution in [3.05, 3.63) is 30.1 Å². The van der Waals surface area contributed by atoms with Crippen molar-refractivity contribution in [3.8, 4) is 5.75 Å². The quantitative estimate of drug-likeness (QED) is 0.650.